The van der Waals surface area contributed by atoms with Crippen LogP contribution in [0.25, 0.3) is 11.6 Å². The molecule has 0 atom stereocenters. The number of aromatic nitrogens is 5. The van der Waals surface area contributed by atoms with Gasteiger partial charge in [0.15, 0.2) is 0 Å². The molecule has 1 saturated carbocycles. The zero-order chi connectivity index (χ0) is 18.4. The largest absolute Gasteiger partial charge is 0.418 e. The lowest BCUT2D eigenvalue weighted by Crippen LogP contribution is -2.51. The third-order valence-electron chi connectivity index (χ3n) is 6.46. The summed E-state index contributed by atoms with van der Waals surface area (Å²) in [6.45, 7) is 3.75. The van der Waals surface area contributed by atoms with E-state index in [2.05, 4.69) is 37.6 Å². The standard InChI is InChI=1S/C20H26N6O/c1-14-6-7-16(25(14)2)19-24-23-17(27-19)12-26-11-8-15-18(22-13-21-15)20(26)9-4-3-5-10-20/h6-7,13H,3-5,8-12H2,1-2H3,(H,21,22). The predicted octanol–water partition coefficient (Wildman–Crippen LogP) is 3.32. The van der Waals surface area contributed by atoms with Gasteiger partial charge < -0.3 is 14.0 Å². The molecule has 3 aromatic heterocycles. The van der Waals surface area contributed by atoms with Crippen molar-refractivity contribution in [2.45, 2.75) is 57.5 Å². The average molecular weight is 366 g/mol. The van der Waals surface area contributed by atoms with Crippen LogP contribution in [-0.4, -0.2) is 36.2 Å². The highest BCUT2D eigenvalue weighted by atomic mass is 16.4. The molecule has 1 spiro atoms. The Bertz CT molecular complexity index is 945. The van der Waals surface area contributed by atoms with E-state index in [4.69, 9.17) is 9.40 Å². The van der Waals surface area contributed by atoms with Gasteiger partial charge in [-0.25, -0.2) is 4.98 Å². The van der Waals surface area contributed by atoms with Crippen LogP contribution >= 0.6 is 0 Å². The summed E-state index contributed by atoms with van der Waals surface area (Å²) < 4.78 is 8.14. The number of aryl methyl sites for hydroxylation is 1. The van der Waals surface area contributed by atoms with E-state index in [0.717, 1.165) is 31.5 Å². The second-order valence-corrected chi connectivity index (χ2v) is 7.91. The van der Waals surface area contributed by atoms with Gasteiger partial charge in [-0.2, -0.15) is 0 Å². The Morgan fingerprint density at radius 2 is 2.04 bits per heavy atom. The Labute approximate surface area is 158 Å². The van der Waals surface area contributed by atoms with E-state index >= 15 is 0 Å². The first kappa shape index (κ1) is 16.7. The summed E-state index contributed by atoms with van der Waals surface area (Å²) in [4.78, 5) is 10.6. The van der Waals surface area contributed by atoms with Crippen molar-refractivity contribution in [1.29, 1.82) is 0 Å². The summed E-state index contributed by atoms with van der Waals surface area (Å²) in [5, 5.41) is 8.67. The lowest BCUT2D eigenvalue weighted by atomic mass is 9.75. The monoisotopic (exact) mass is 366 g/mol. The maximum Gasteiger partial charge on any atom is 0.264 e. The zero-order valence-electron chi connectivity index (χ0n) is 16.0. The molecule has 7 nitrogen and oxygen atoms in total. The fourth-order valence-corrected chi connectivity index (χ4v) is 4.86. The average Bonchev–Trinajstić information content (AvgIpc) is 3.41. The van der Waals surface area contributed by atoms with Crippen LogP contribution in [0.1, 0.15) is 55.1 Å². The van der Waals surface area contributed by atoms with E-state index < -0.39 is 0 Å². The second kappa shape index (κ2) is 6.34. The molecule has 1 aliphatic heterocycles. The predicted molar refractivity (Wildman–Crippen MR) is 101 cm³/mol. The number of rotatable bonds is 3. The molecular weight excluding hydrogens is 340 g/mol. The molecule has 3 aromatic rings. The molecule has 1 aliphatic carbocycles. The molecule has 142 valence electrons. The van der Waals surface area contributed by atoms with Gasteiger partial charge in [0.1, 0.15) is 5.69 Å². The summed E-state index contributed by atoms with van der Waals surface area (Å²) in [6, 6.07) is 4.10. The Morgan fingerprint density at radius 1 is 1.19 bits per heavy atom. The fourth-order valence-electron chi connectivity index (χ4n) is 4.86. The van der Waals surface area contributed by atoms with Gasteiger partial charge in [-0.05, 0) is 31.9 Å². The first-order chi connectivity index (χ1) is 13.2. The highest BCUT2D eigenvalue weighted by Gasteiger charge is 2.45. The van der Waals surface area contributed by atoms with Crippen LogP contribution in [-0.2, 0) is 25.6 Å². The molecule has 4 heterocycles. The SMILES string of the molecule is Cc1ccc(-c2nnc(CN3CCc4[nH]cnc4C34CCCCC4)o2)n1C. The first-order valence-electron chi connectivity index (χ1n) is 9.90. The van der Waals surface area contributed by atoms with E-state index in [9.17, 15) is 0 Å². The quantitative estimate of drug-likeness (QED) is 0.769. The van der Waals surface area contributed by atoms with Gasteiger partial charge in [0, 0.05) is 31.4 Å². The lowest BCUT2D eigenvalue weighted by molar-refractivity contribution is 0.0191. The van der Waals surface area contributed by atoms with Crippen LogP contribution in [0.15, 0.2) is 22.9 Å². The molecule has 0 unspecified atom stereocenters. The summed E-state index contributed by atoms with van der Waals surface area (Å²) in [7, 11) is 2.02. The molecule has 0 amide bonds. The Balaban J connectivity index is 1.44. The molecular formula is C20H26N6O. The number of H-pyrrole nitrogens is 1. The zero-order valence-corrected chi connectivity index (χ0v) is 16.0. The van der Waals surface area contributed by atoms with E-state index in [-0.39, 0.29) is 5.54 Å². The number of hydrogen-bond donors (Lipinski definition) is 1. The lowest BCUT2D eigenvalue weighted by Gasteiger charge is -2.48. The number of nitrogens with one attached hydrogen (secondary N) is 1. The van der Waals surface area contributed by atoms with Crippen molar-refractivity contribution in [2.75, 3.05) is 6.54 Å². The third kappa shape index (κ3) is 2.64. The molecule has 0 bridgehead atoms. The second-order valence-electron chi connectivity index (χ2n) is 7.91. The van der Waals surface area contributed by atoms with Crippen molar-refractivity contribution < 1.29 is 4.42 Å². The highest BCUT2D eigenvalue weighted by molar-refractivity contribution is 5.48. The molecule has 7 heteroatoms. The Morgan fingerprint density at radius 3 is 2.81 bits per heavy atom. The molecule has 0 aromatic carbocycles. The van der Waals surface area contributed by atoms with E-state index in [1.54, 1.807) is 0 Å². The van der Waals surface area contributed by atoms with Gasteiger partial charge in [0.2, 0.25) is 5.89 Å². The highest BCUT2D eigenvalue weighted by Crippen LogP contribution is 2.45. The van der Waals surface area contributed by atoms with E-state index in [1.807, 2.05) is 19.4 Å². The number of aromatic amines is 1. The molecule has 1 N–H and O–H groups in total. The van der Waals surface area contributed by atoms with Gasteiger partial charge in [-0.15, -0.1) is 10.2 Å². The minimum Gasteiger partial charge on any atom is -0.418 e. The Kier molecular flexibility index (Phi) is 3.93. The van der Waals surface area contributed by atoms with Gasteiger partial charge in [0.05, 0.1) is 24.1 Å². The molecule has 0 saturated heterocycles. The number of imidazole rings is 1. The van der Waals surface area contributed by atoms with Gasteiger partial charge in [-0.1, -0.05) is 19.3 Å². The van der Waals surface area contributed by atoms with Crippen molar-refractivity contribution in [2.24, 2.45) is 7.05 Å². The normalized spacial score (nSPS) is 19.5. The van der Waals surface area contributed by atoms with Crippen LogP contribution in [0.5, 0.6) is 0 Å². The molecule has 5 rings (SSSR count). The van der Waals surface area contributed by atoms with Crippen LogP contribution in [0.2, 0.25) is 0 Å². The maximum atomic E-state index is 6.06. The Hall–Kier alpha value is -2.41. The van der Waals surface area contributed by atoms with Gasteiger partial charge in [0.25, 0.3) is 5.89 Å². The van der Waals surface area contributed by atoms with Gasteiger partial charge in [-0.3, -0.25) is 4.90 Å². The fraction of sp³-hybridized carbons (Fsp3) is 0.550. The van der Waals surface area contributed by atoms with Crippen molar-refractivity contribution in [3.63, 3.8) is 0 Å². The first-order valence-corrected chi connectivity index (χ1v) is 9.90. The molecule has 27 heavy (non-hydrogen) atoms. The smallest absolute Gasteiger partial charge is 0.264 e. The number of nitrogens with zero attached hydrogens (tertiary/aromatic N) is 5. The van der Waals surface area contributed by atoms with Crippen LogP contribution in [0.4, 0.5) is 0 Å². The third-order valence-corrected chi connectivity index (χ3v) is 6.46. The minimum atomic E-state index is 0.0159. The minimum absolute atomic E-state index is 0.0159. The van der Waals surface area contributed by atoms with Crippen molar-refractivity contribution in [1.82, 2.24) is 29.6 Å². The van der Waals surface area contributed by atoms with Crippen molar-refractivity contribution in [3.8, 4) is 11.6 Å². The van der Waals surface area contributed by atoms with Crippen LogP contribution in [0.3, 0.4) is 0 Å². The van der Waals surface area contributed by atoms with Gasteiger partial charge >= 0.3 is 0 Å². The summed E-state index contributed by atoms with van der Waals surface area (Å²) >= 11 is 0. The van der Waals surface area contributed by atoms with Crippen LogP contribution < -0.4 is 0 Å². The number of hydrogen-bond acceptors (Lipinski definition) is 5. The maximum absolute atomic E-state index is 6.06. The summed E-state index contributed by atoms with van der Waals surface area (Å²) in [5.41, 5.74) is 4.70. The molecule has 2 aliphatic rings. The number of fused-ring (bicyclic) bond motifs is 2. The van der Waals surface area contributed by atoms with Crippen molar-refractivity contribution >= 4 is 0 Å². The molecule has 0 radical (unpaired) electrons. The van der Waals surface area contributed by atoms with E-state index in [1.165, 1.54) is 36.3 Å². The van der Waals surface area contributed by atoms with Crippen LogP contribution in [0, 0.1) is 6.92 Å². The topological polar surface area (TPSA) is 75.8 Å². The summed E-state index contributed by atoms with van der Waals surface area (Å²) in [5.74, 6) is 1.28. The molecule has 1 fully saturated rings. The van der Waals surface area contributed by atoms with Crippen molar-refractivity contribution in [3.05, 3.63) is 41.4 Å². The van der Waals surface area contributed by atoms with E-state index in [0.29, 0.717) is 18.3 Å². The summed E-state index contributed by atoms with van der Waals surface area (Å²) in [6.07, 6.45) is 8.97.